The molecule has 1 saturated heterocycles. The minimum atomic E-state index is 0.519. The summed E-state index contributed by atoms with van der Waals surface area (Å²) in [6.45, 7) is 1.80. The second-order valence-corrected chi connectivity index (χ2v) is 5.42. The summed E-state index contributed by atoms with van der Waals surface area (Å²) in [4.78, 5) is 0. The quantitative estimate of drug-likeness (QED) is 0.872. The van der Waals surface area contributed by atoms with Gasteiger partial charge in [0.1, 0.15) is 0 Å². The van der Waals surface area contributed by atoms with Crippen molar-refractivity contribution in [1.82, 2.24) is 5.32 Å². The third-order valence-electron chi connectivity index (χ3n) is 3.84. The summed E-state index contributed by atoms with van der Waals surface area (Å²) in [5, 5.41) is 4.63. The van der Waals surface area contributed by atoms with E-state index in [-0.39, 0.29) is 0 Å². The van der Waals surface area contributed by atoms with Crippen LogP contribution in [-0.2, 0) is 11.2 Å². The largest absolute Gasteiger partial charge is 0.381 e. The van der Waals surface area contributed by atoms with Gasteiger partial charge in [-0.25, -0.2) is 0 Å². The number of fused-ring (bicyclic) bond motifs is 1. The third-order valence-corrected chi connectivity index (χ3v) is 4.08. The first-order chi connectivity index (χ1) is 8.33. The van der Waals surface area contributed by atoms with Crippen LogP contribution in [0.3, 0.4) is 0 Å². The van der Waals surface area contributed by atoms with E-state index in [2.05, 4.69) is 17.4 Å². The van der Waals surface area contributed by atoms with Gasteiger partial charge in [-0.3, -0.25) is 0 Å². The van der Waals surface area contributed by atoms with Gasteiger partial charge in [-0.15, -0.1) is 0 Å². The maximum absolute atomic E-state index is 6.03. The molecule has 1 fully saturated rings. The van der Waals surface area contributed by atoms with Gasteiger partial charge in [0.05, 0.1) is 0 Å². The molecule has 17 heavy (non-hydrogen) atoms. The van der Waals surface area contributed by atoms with Crippen molar-refractivity contribution in [3.8, 4) is 0 Å². The van der Waals surface area contributed by atoms with Gasteiger partial charge in [-0.05, 0) is 48.9 Å². The van der Waals surface area contributed by atoms with E-state index < -0.39 is 0 Å². The Morgan fingerprint density at radius 3 is 2.82 bits per heavy atom. The maximum Gasteiger partial charge on any atom is 0.0480 e. The molecule has 0 aromatic heterocycles. The molecule has 1 aliphatic heterocycles. The highest BCUT2D eigenvalue weighted by atomic mass is 35.5. The molecular weight excluding hydrogens is 234 g/mol. The average molecular weight is 252 g/mol. The number of ether oxygens (including phenoxy) is 1. The first kappa shape index (κ1) is 11.5. The fourth-order valence-corrected chi connectivity index (χ4v) is 3.10. The summed E-state index contributed by atoms with van der Waals surface area (Å²) in [5.74, 6) is 0. The molecule has 1 aromatic rings. The van der Waals surface area contributed by atoms with Crippen molar-refractivity contribution in [3.05, 3.63) is 34.3 Å². The molecule has 1 unspecified atom stereocenters. The number of halogens is 1. The Morgan fingerprint density at radius 1 is 1.18 bits per heavy atom. The van der Waals surface area contributed by atoms with E-state index in [0.29, 0.717) is 12.1 Å². The normalized spacial score (nSPS) is 24.9. The van der Waals surface area contributed by atoms with Crippen LogP contribution in [0.4, 0.5) is 0 Å². The van der Waals surface area contributed by atoms with Crippen LogP contribution >= 0.6 is 11.6 Å². The Labute approximate surface area is 107 Å². The Kier molecular flexibility index (Phi) is 3.37. The molecule has 2 aliphatic rings. The van der Waals surface area contributed by atoms with E-state index >= 15 is 0 Å². The Bertz CT molecular complexity index is 401. The van der Waals surface area contributed by atoms with Gasteiger partial charge < -0.3 is 10.1 Å². The standard InChI is InChI=1S/C14H18ClNO/c15-11-2-3-13-10(9-11)1-4-14(13)16-12-5-7-17-8-6-12/h2-3,9,12,14,16H,1,4-8H2. The SMILES string of the molecule is Clc1ccc2c(c1)CCC2NC1CCOCC1. The number of aryl methyl sites for hydroxylation is 1. The van der Waals surface area contributed by atoms with Gasteiger partial charge in [-0.1, -0.05) is 17.7 Å². The van der Waals surface area contributed by atoms with Crippen LogP contribution in [0.5, 0.6) is 0 Å². The van der Waals surface area contributed by atoms with Gasteiger partial charge in [-0.2, -0.15) is 0 Å². The predicted molar refractivity (Wildman–Crippen MR) is 69.5 cm³/mol. The van der Waals surface area contributed by atoms with Crippen molar-refractivity contribution in [3.63, 3.8) is 0 Å². The topological polar surface area (TPSA) is 21.3 Å². The van der Waals surface area contributed by atoms with E-state index in [4.69, 9.17) is 16.3 Å². The summed E-state index contributed by atoms with van der Waals surface area (Å²) in [5.41, 5.74) is 2.86. The molecule has 0 radical (unpaired) electrons. The van der Waals surface area contributed by atoms with Crippen molar-refractivity contribution < 1.29 is 4.74 Å². The Hall–Kier alpha value is -0.570. The van der Waals surface area contributed by atoms with Crippen LogP contribution in [0.2, 0.25) is 5.02 Å². The minimum Gasteiger partial charge on any atom is -0.381 e. The van der Waals surface area contributed by atoms with Crippen LogP contribution in [0.1, 0.15) is 36.4 Å². The Balaban J connectivity index is 1.70. The van der Waals surface area contributed by atoms with E-state index in [1.54, 1.807) is 0 Å². The summed E-state index contributed by atoms with van der Waals surface area (Å²) < 4.78 is 5.39. The zero-order chi connectivity index (χ0) is 11.7. The van der Waals surface area contributed by atoms with Crippen LogP contribution in [0.25, 0.3) is 0 Å². The number of rotatable bonds is 2. The number of hydrogen-bond donors (Lipinski definition) is 1. The molecule has 92 valence electrons. The zero-order valence-corrected chi connectivity index (χ0v) is 10.7. The molecule has 0 saturated carbocycles. The predicted octanol–water partition coefficient (Wildman–Crippen LogP) is 3.10. The molecule has 1 aromatic carbocycles. The van der Waals surface area contributed by atoms with Crippen molar-refractivity contribution >= 4 is 11.6 Å². The summed E-state index contributed by atoms with van der Waals surface area (Å²) >= 11 is 6.03. The lowest BCUT2D eigenvalue weighted by Gasteiger charge is -2.27. The molecule has 3 heteroatoms. The number of benzene rings is 1. The van der Waals surface area contributed by atoms with Crippen molar-refractivity contribution in [2.45, 2.75) is 37.8 Å². The summed E-state index contributed by atoms with van der Waals surface area (Å²) in [6, 6.07) is 7.44. The van der Waals surface area contributed by atoms with Gasteiger partial charge in [0, 0.05) is 30.3 Å². The zero-order valence-electron chi connectivity index (χ0n) is 9.92. The lowest BCUT2D eigenvalue weighted by atomic mass is 10.0. The molecule has 1 aliphatic carbocycles. The van der Waals surface area contributed by atoms with E-state index in [9.17, 15) is 0 Å². The first-order valence-corrected chi connectivity index (χ1v) is 6.83. The van der Waals surface area contributed by atoms with Gasteiger partial charge >= 0.3 is 0 Å². The maximum atomic E-state index is 6.03. The van der Waals surface area contributed by atoms with E-state index in [0.717, 1.165) is 37.5 Å². The number of nitrogens with one attached hydrogen (secondary N) is 1. The fraction of sp³-hybridized carbons (Fsp3) is 0.571. The highest BCUT2D eigenvalue weighted by Crippen LogP contribution is 2.33. The fourth-order valence-electron chi connectivity index (χ4n) is 2.91. The van der Waals surface area contributed by atoms with Gasteiger partial charge in [0.2, 0.25) is 0 Å². The molecule has 0 bridgehead atoms. The summed E-state index contributed by atoms with van der Waals surface area (Å²) in [7, 11) is 0. The Morgan fingerprint density at radius 2 is 2.00 bits per heavy atom. The molecule has 3 rings (SSSR count). The monoisotopic (exact) mass is 251 g/mol. The van der Waals surface area contributed by atoms with Gasteiger partial charge in [0.15, 0.2) is 0 Å². The van der Waals surface area contributed by atoms with Crippen molar-refractivity contribution in [1.29, 1.82) is 0 Å². The first-order valence-electron chi connectivity index (χ1n) is 6.45. The van der Waals surface area contributed by atoms with Crippen LogP contribution in [0, 0.1) is 0 Å². The minimum absolute atomic E-state index is 0.519. The summed E-state index contributed by atoms with van der Waals surface area (Å²) in [6.07, 6.45) is 4.63. The van der Waals surface area contributed by atoms with E-state index in [1.807, 2.05) is 6.07 Å². The molecule has 0 spiro atoms. The van der Waals surface area contributed by atoms with E-state index in [1.165, 1.54) is 17.5 Å². The van der Waals surface area contributed by atoms with Crippen molar-refractivity contribution in [2.24, 2.45) is 0 Å². The number of hydrogen-bond acceptors (Lipinski definition) is 2. The third kappa shape index (κ3) is 2.49. The second kappa shape index (κ2) is 4.97. The van der Waals surface area contributed by atoms with Crippen LogP contribution < -0.4 is 5.32 Å². The van der Waals surface area contributed by atoms with Crippen molar-refractivity contribution in [2.75, 3.05) is 13.2 Å². The molecule has 0 amide bonds. The molecule has 1 heterocycles. The molecular formula is C14H18ClNO. The van der Waals surface area contributed by atoms with Gasteiger partial charge in [0.25, 0.3) is 0 Å². The lowest BCUT2D eigenvalue weighted by Crippen LogP contribution is -2.36. The molecule has 2 nitrogen and oxygen atoms in total. The lowest BCUT2D eigenvalue weighted by molar-refractivity contribution is 0.0749. The highest BCUT2D eigenvalue weighted by Gasteiger charge is 2.25. The highest BCUT2D eigenvalue weighted by molar-refractivity contribution is 6.30. The smallest absolute Gasteiger partial charge is 0.0480 e. The molecule has 1 atom stereocenters. The molecule has 1 N–H and O–H groups in total. The second-order valence-electron chi connectivity index (χ2n) is 4.99. The average Bonchev–Trinajstić information content (AvgIpc) is 2.73. The van der Waals surface area contributed by atoms with Crippen LogP contribution in [0.15, 0.2) is 18.2 Å². The van der Waals surface area contributed by atoms with Crippen LogP contribution in [-0.4, -0.2) is 19.3 Å².